The number of imide groups is 1. The van der Waals surface area contributed by atoms with E-state index in [9.17, 15) is 14.7 Å². The Hall–Kier alpha value is -2.61. The number of hydrogen-bond donors (Lipinski definition) is 2. The molecule has 7 nitrogen and oxygen atoms in total. The number of nitrogens with one attached hydrogen (secondary N) is 1. The van der Waals surface area contributed by atoms with Gasteiger partial charge in [0.25, 0.3) is 5.91 Å². The van der Waals surface area contributed by atoms with Gasteiger partial charge >= 0.3 is 6.03 Å². The van der Waals surface area contributed by atoms with E-state index in [2.05, 4.69) is 5.32 Å². The summed E-state index contributed by atoms with van der Waals surface area (Å²) in [6.07, 6.45) is 1.12. The van der Waals surface area contributed by atoms with E-state index in [1.807, 2.05) is 24.3 Å². The van der Waals surface area contributed by atoms with Gasteiger partial charge in [-0.1, -0.05) is 29.8 Å². The number of hydrogen-bond acceptors (Lipinski definition) is 5. The van der Waals surface area contributed by atoms with Crippen molar-refractivity contribution in [3.8, 4) is 5.75 Å². The van der Waals surface area contributed by atoms with Gasteiger partial charge in [0.05, 0.1) is 33.0 Å². The Bertz CT molecular complexity index is 980. The molecule has 164 valence electrons. The molecule has 0 bridgehead atoms. The molecule has 1 saturated heterocycles. The minimum atomic E-state index is -1.08. The highest BCUT2D eigenvalue weighted by Crippen LogP contribution is 2.41. The van der Waals surface area contributed by atoms with Crippen molar-refractivity contribution in [3.63, 3.8) is 0 Å². The molecule has 1 aliphatic carbocycles. The van der Waals surface area contributed by atoms with E-state index in [1.54, 1.807) is 25.3 Å². The number of aliphatic hydroxyl groups excluding tert-OH is 1. The van der Waals surface area contributed by atoms with Crippen molar-refractivity contribution < 1.29 is 24.2 Å². The van der Waals surface area contributed by atoms with Gasteiger partial charge in [0.1, 0.15) is 11.3 Å². The van der Waals surface area contributed by atoms with E-state index in [-0.39, 0.29) is 19.1 Å². The second-order valence-corrected chi connectivity index (χ2v) is 8.36. The standard InChI is InChI=1S/C23H25ClN2O5/c1-30-19-8-9-20-16(11-19)3-2-10-23(20)21(28)26(22(29)25-23)12-18(27)14-31-13-15-4-6-17(24)7-5-15/h4-9,11,18,27H,2-3,10,12-14H2,1H3,(H,25,29)/t18-,23+/m1/s1. The predicted molar refractivity (Wildman–Crippen MR) is 115 cm³/mol. The first kappa shape index (κ1) is 21.6. The predicted octanol–water partition coefficient (Wildman–Crippen LogP) is 3.01. The minimum absolute atomic E-state index is 0.000469. The molecule has 1 heterocycles. The lowest BCUT2D eigenvalue weighted by Crippen LogP contribution is -2.47. The summed E-state index contributed by atoms with van der Waals surface area (Å²) in [5.41, 5.74) is 1.63. The SMILES string of the molecule is COc1ccc2c(c1)CCC[C@]21NC(=O)N(C[C@@H](O)COCc2ccc(Cl)cc2)C1=O. The van der Waals surface area contributed by atoms with E-state index in [0.717, 1.165) is 40.2 Å². The lowest BCUT2D eigenvalue weighted by atomic mass is 9.76. The number of carbonyl (C=O) groups is 2. The summed E-state index contributed by atoms with van der Waals surface area (Å²) in [6, 6.07) is 12.3. The van der Waals surface area contributed by atoms with Gasteiger partial charge in [0.2, 0.25) is 0 Å². The second kappa shape index (κ2) is 8.86. The van der Waals surface area contributed by atoms with Gasteiger partial charge in [0.15, 0.2) is 0 Å². The average molecular weight is 445 g/mol. The zero-order chi connectivity index (χ0) is 22.0. The van der Waals surface area contributed by atoms with Crippen molar-refractivity contribution in [1.82, 2.24) is 10.2 Å². The molecule has 2 atom stereocenters. The number of amides is 3. The van der Waals surface area contributed by atoms with E-state index < -0.39 is 17.7 Å². The first-order valence-corrected chi connectivity index (χ1v) is 10.6. The topological polar surface area (TPSA) is 88.1 Å². The Kier molecular flexibility index (Phi) is 6.18. The number of ether oxygens (including phenoxy) is 2. The van der Waals surface area contributed by atoms with Gasteiger partial charge in [0, 0.05) is 5.02 Å². The molecule has 4 rings (SSSR count). The molecule has 0 unspecified atom stereocenters. The zero-order valence-electron chi connectivity index (χ0n) is 17.3. The van der Waals surface area contributed by atoms with Crippen LogP contribution in [0, 0.1) is 0 Å². The van der Waals surface area contributed by atoms with Gasteiger partial charge < -0.3 is 19.9 Å². The van der Waals surface area contributed by atoms with Gasteiger partial charge in [-0.05, 0) is 60.2 Å². The van der Waals surface area contributed by atoms with Crippen LogP contribution in [0.1, 0.15) is 29.5 Å². The number of rotatable bonds is 7. The summed E-state index contributed by atoms with van der Waals surface area (Å²) in [5.74, 6) is 0.387. The monoisotopic (exact) mass is 444 g/mol. The fourth-order valence-electron chi connectivity index (χ4n) is 4.30. The third-order valence-corrected chi connectivity index (χ3v) is 6.08. The van der Waals surface area contributed by atoms with Gasteiger partial charge in [-0.2, -0.15) is 0 Å². The number of aliphatic hydroxyl groups is 1. The van der Waals surface area contributed by atoms with Crippen LogP contribution in [0.3, 0.4) is 0 Å². The number of halogens is 1. The van der Waals surface area contributed by atoms with Crippen molar-refractivity contribution in [2.75, 3.05) is 20.3 Å². The summed E-state index contributed by atoms with van der Waals surface area (Å²) in [4.78, 5) is 27.1. The van der Waals surface area contributed by atoms with E-state index >= 15 is 0 Å². The molecular weight excluding hydrogens is 420 g/mol. The van der Waals surface area contributed by atoms with Crippen LogP contribution in [-0.2, 0) is 28.1 Å². The molecule has 2 aliphatic rings. The van der Waals surface area contributed by atoms with Crippen LogP contribution < -0.4 is 10.1 Å². The molecule has 3 amide bonds. The highest BCUT2D eigenvalue weighted by Gasteiger charge is 2.54. The Labute approximate surface area is 185 Å². The maximum Gasteiger partial charge on any atom is 0.325 e. The third-order valence-electron chi connectivity index (χ3n) is 5.83. The summed E-state index contributed by atoms with van der Waals surface area (Å²) in [5, 5.41) is 13.9. The van der Waals surface area contributed by atoms with E-state index in [0.29, 0.717) is 18.1 Å². The lowest BCUT2D eigenvalue weighted by molar-refractivity contribution is -0.133. The van der Waals surface area contributed by atoms with E-state index in [1.165, 1.54) is 0 Å². The fourth-order valence-corrected chi connectivity index (χ4v) is 4.43. The number of urea groups is 1. The number of nitrogens with zero attached hydrogens (tertiary/aromatic N) is 1. The zero-order valence-corrected chi connectivity index (χ0v) is 18.0. The minimum Gasteiger partial charge on any atom is -0.497 e. The molecule has 0 saturated carbocycles. The highest BCUT2D eigenvalue weighted by molar-refractivity contribution is 6.30. The normalized spacial score (nSPS) is 21.2. The molecule has 1 aliphatic heterocycles. The van der Waals surface area contributed by atoms with Crippen LogP contribution in [0.5, 0.6) is 5.75 Å². The number of methoxy groups -OCH3 is 1. The molecule has 31 heavy (non-hydrogen) atoms. The van der Waals surface area contributed by atoms with Crippen LogP contribution >= 0.6 is 11.6 Å². The van der Waals surface area contributed by atoms with Crippen LogP contribution in [0.15, 0.2) is 42.5 Å². The maximum atomic E-state index is 13.3. The van der Waals surface area contributed by atoms with Crippen LogP contribution in [0.25, 0.3) is 0 Å². The molecule has 8 heteroatoms. The number of aryl methyl sites for hydroxylation is 1. The van der Waals surface area contributed by atoms with Crippen molar-refractivity contribution in [2.24, 2.45) is 0 Å². The summed E-state index contributed by atoms with van der Waals surface area (Å²) in [7, 11) is 1.60. The molecule has 1 fully saturated rings. The second-order valence-electron chi connectivity index (χ2n) is 7.92. The fraction of sp³-hybridized carbons (Fsp3) is 0.391. The molecule has 2 aromatic carbocycles. The van der Waals surface area contributed by atoms with Crippen LogP contribution in [-0.4, -0.2) is 48.3 Å². The number of benzene rings is 2. The van der Waals surface area contributed by atoms with Gasteiger partial charge in [-0.25, -0.2) is 4.79 Å². The molecule has 0 aromatic heterocycles. The Morgan fingerprint density at radius 2 is 2.00 bits per heavy atom. The van der Waals surface area contributed by atoms with Crippen LogP contribution in [0.2, 0.25) is 5.02 Å². The van der Waals surface area contributed by atoms with Crippen molar-refractivity contribution in [2.45, 2.75) is 37.5 Å². The molecule has 2 aromatic rings. The Morgan fingerprint density at radius 1 is 1.23 bits per heavy atom. The maximum absolute atomic E-state index is 13.3. The first-order valence-electron chi connectivity index (χ1n) is 10.2. The Morgan fingerprint density at radius 3 is 2.74 bits per heavy atom. The molecule has 2 N–H and O–H groups in total. The van der Waals surface area contributed by atoms with Crippen molar-refractivity contribution in [3.05, 3.63) is 64.2 Å². The average Bonchev–Trinajstić information content (AvgIpc) is 2.99. The lowest BCUT2D eigenvalue weighted by Gasteiger charge is -2.33. The summed E-state index contributed by atoms with van der Waals surface area (Å²) in [6.45, 7) is 0.173. The van der Waals surface area contributed by atoms with E-state index in [4.69, 9.17) is 21.1 Å². The van der Waals surface area contributed by atoms with Crippen molar-refractivity contribution in [1.29, 1.82) is 0 Å². The Balaban J connectivity index is 1.41. The molecular formula is C23H25ClN2O5. The largest absolute Gasteiger partial charge is 0.497 e. The third kappa shape index (κ3) is 4.26. The van der Waals surface area contributed by atoms with Gasteiger partial charge in [-0.15, -0.1) is 0 Å². The molecule has 0 radical (unpaired) electrons. The van der Waals surface area contributed by atoms with Crippen molar-refractivity contribution >= 4 is 23.5 Å². The summed E-state index contributed by atoms with van der Waals surface area (Å²) < 4.78 is 10.8. The number of carbonyl (C=O) groups excluding carboxylic acids is 2. The van der Waals surface area contributed by atoms with Gasteiger partial charge in [-0.3, -0.25) is 9.69 Å². The quantitative estimate of drug-likeness (QED) is 0.641. The number of β-amino-alcohol motifs (C(OH)–C–C–N with tert-alkyl or cyclic N) is 1. The molecule has 1 spiro atoms. The first-order chi connectivity index (χ1) is 14.9. The highest BCUT2D eigenvalue weighted by atomic mass is 35.5. The number of fused-ring (bicyclic) bond motifs is 2. The van der Waals surface area contributed by atoms with Crippen LogP contribution in [0.4, 0.5) is 4.79 Å². The summed E-state index contributed by atoms with van der Waals surface area (Å²) >= 11 is 5.86. The smallest absolute Gasteiger partial charge is 0.325 e.